The molecular weight excluding hydrogens is 144 g/mol. The second-order valence-corrected chi connectivity index (χ2v) is 3.06. The Labute approximate surface area is 74.9 Å². The van der Waals surface area contributed by atoms with Gasteiger partial charge < -0.3 is 0 Å². The molecule has 0 aliphatic rings. The van der Waals surface area contributed by atoms with Gasteiger partial charge in [-0.25, -0.2) is 0 Å². The molecule has 0 heterocycles. The van der Waals surface area contributed by atoms with Crippen molar-refractivity contribution in [2.75, 3.05) is 0 Å². The highest BCUT2D eigenvalue weighted by Crippen LogP contribution is 2.09. The molecule has 1 aromatic carbocycles. The fourth-order valence-electron chi connectivity index (χ4n) is 1.05. The van der Waals surface area contributed by atoms with E-state index >= 15 is 0 Å². The fraction of sp³-hybridized carbons (Fsp3) is 0.333. The minimum atomic E-state index is 1.05. The maximum Gasteiger partial charge on any atom is -0.0149 e. The highest BCUT2D eigenvalue weighted by Gasteiger charge is 1.91. The molecule has 0 amide bonds. The predicted molar refractivity (Wildman–Crippen MR) is 53.1 cm³/mol. The van der Waals surface area contributed by atoms with Crippen molar-refractivity contribution in [3.63, 3.8) is 0 Å². The summed E-state index contributed by atoms with van der Waals surface area (Å²) in [5, 5.41) is 0. The van der Waals surface area contributed by atoms with Crippen LogP contribution < -0.4 is 0 Å². The summed E-state index contributed by atoms with van der Waals surface area (Å²) in [4.78, 5) is 0. The molecule has 0 saturated carbocycles. The van der Waals surface area contributed by atoms with Crippen LogP contribution in [0.1, 0.15) is 30.0 Å². The first-order valence-corrected chi connectivity index (χ1v) is 4.39. The van der Waals surface area contributed by atoms with E-state index in [2.05, 4.69) is 51.1 Å². The van der Waals surface area contributed by atoms with Crippen molar-refractivity contribution in [1.29, 1.82) is 0 Å². The van der Waals surface area contributed by atoms with Crippen LogP contribution in [-0.2, 0) is 0 Å². The van der Waals surface area contributed by atoms with Gasteiger partial charge in [0.1, 0.15) is 0 Å². The average molecular weight is 159 g/mol. The molecule has 63 valence electrons. The minimum Gasteiger partial charge on any atom is -0.0763 e. The van der Waals surface area contributed by atoms with Gasteiger partial charge in [-0.2, -0.15) is 0 Å². The van der Waals surface area contributed by atoms with Crippen molar-refractivity contribution in [3.05, 3.63) is 47.0 Å². The number of aryl methyl sites for hydroxylation is 2. The summed E-state index contributed by atoms with van der Waals surface area (Å²) in [6, 6.07) is 6.41. The highest BCUT2D eigenvalue weighted by molar-refractivity contribution is 5.33. The zero-order valence-electron chi connectivity index (χ0n) is 8.02. The van der Waals surface area contributed by atoms with Crippen LogP contribution in [0, 0.1) is 19.9 Å². The average Bonchev–Trinajstić information content (AvgIpc) is 2.07. The van der Waals surface area contributed by atoms with Crippen molar-refractivity contribution in [2.24, 2.45) is 0 Å². The van der Waals surface area contributed by atoms with Crippen molar-refractivity contribution in [1.82, 2.24) is 0 Å². The van der Waals surface area contributed by atoms with E-state index in [1.807, 2.05) is 0 Å². The van der Waals surface area contributed by atoms with Crippen molar-refractivity contribution < 1.29 is 0 Å². The summed E-state index contributed by atoms with van der Waals surface area (Å²) in [6.07, 6.45) is 6.35. The maximum absolute atomic E-state index is 3.24. The fourth-order valence-corrected chi connectivity index (χ4v) is 1.05. The summed E-state index contributed by atoms with van der Waals surface area (Å²) >= 11 is 0. The molecule has 12 heavy (non-hydrogen) atoms. The summed E-state index contributed by atoms with van der Waals surface area (Å²) in [6.45, 7) is 6.38. The molecule has 1 aromatic rings. The molecule has 0 unspecified atom stereocenters. The summed E-state index contributed by atoms with van der Waals surface area (Å²) in [7, 11) is 0. The number of allylic oxidation sites excluding steroid dienone is 1. The van der Waals surface area contributed by atoms with Gasteiger partial charge in [-0.1, -0.05) is 31.2 Å². The van der Waals surface area contributed by atoms with Crippen molar-refractivity contribution in [2.45, 2.75) is 27.2 Å². The Kier molecular flexibility index (Phi) is 3.09. The normalized spacial score (nSPS) is 10.9. The Bertz CT molecular complexity index is 282. The van der Waals surface area contributed by atoms with Crippen LogP contribution in [-0.4, -0.2) is 0 Å². The molecule has 1 radical (unpaired) electrons. The van der Waals surface area contributed by atoms with Crippen LogP contribution in [0.15, 0.2) is 24.3 Å². The van der Waals surface area contributed by atoms with E-state index < -0.39 is 0 Å². The number of rotatable bonds is 2. The third kappa shape index (κ3) is 2.23. The first kappa shape index (κ1) is 9.05. The van der Waals surface area contributed by atoms with E-state index in [0.29, 0.717) is 0 Å². The number of benzene rings is 1. The van der Waals surface area contributed by atoms with E-state index in [9.17, 15) is 0 Å². The molecule has 0 fully saturated rings. The first-order chi connectivity index (χ1) is 5.74. The predicted octanol–water partition coefficient (Wildman–Crippen LogP) is 3.42. The molecule has 0 spiro atoms. The zero-order chi connectivity index (χ0) is 8.97. The Morgan fingerprint density at radius 3 is 2.58 bits per heavy atom. The standard InChI is InChI=1S/C12H15/c1-4-5-6-12-8-7-10(2)11(3)9-12/h5,7-9H,4H2,1-3H3. The van der Waals surface area contributed by atoms with Gasteiger partial charge in [0, 0.05) is 0 Å². The van der Waals surface area contributed by atoms with Gasteiger partial charge in [0.05, 0.1) is 0 Å². The SMILES string of the molecule is CC/C=[C]\c1ccc(C)c(C)c1. The Morgan fingerprint density at radius 1 is 1.25 bits per heavy atom. The van der Waals surface area contributed by atoms with Crippen LogP contribution in [0.4, 0.5) is 0 Å². The smallest absolute Gasteiger partial charge is 0.0149 e. The third-order valence-corrected chi connectivity index (χ3v) is 1.98. The second kappa shape index (κ2) is 4.10. The Hall–Kier alpha value is -1.04. The van der Waals surface area contributed by atoms with Crippen LogP contribution >= 0.6 is 0 Å². The lowest BCUT2D eigenvalue weighted by Crippen LogP contribution is -1.81. The lowest BCUT2D eigenvalue weighted by atomic mass is 10.1. The molecule has 0 nitrogen and oxygen atoms in total. The summed E-state index contributed by atoms with van der Waals surface area (Å²) < 4.78 is 0. The summed E-state index contributed by atoms with van der Waals surface area (Å²) in [5.41, 5.74) is 3.86. The van der Waals surface area contributed by atoms with Gasteiger partial charge in [-0.05, 0) is 43.0 Å². The molecule has 0 aromatic heterocycles. The molecule has 0 aliphatic heterocycles. The molecular formula is C12H15. The van der Waals surface area contributed by atoms with Gasteiger partial charge in [0.15, 0.2) is 0 Å². The lowest BCUT2D eigenvalue weighted by Gasteiger charge is -1.99. The Balaban J connectivity index is 2.89. The summed E-state index contributed by atoms with van der Waals surface area (Å²) in [5.74, 6) is 0. The largest absolute Gasteiger partial charge is 0.0763 e. The van der Waals surface area contributed by atoms with E-state index in [1.165, 1.54) is 16.7 Å². The first-order valence-electron chi connectivity index (χ1n) is 4.39. The zero-order valence-corrected chi connectivity index (χ0v) is 8.02. The molecule has 0 N–H and O–H groups in total. The lowest BCUT2D eigenvalue weighted by molar-refractivity contribution is 1.21. The molecule has 0 aliphatic carbocycles. The quantitative estimate of drug-likeness (QED) is 0.620. The molecule has 0 bridgehead atoms. The van der Waals surface area contributed by atoms with Crippen LogP contribution in [0.5, 0.6) is 0 Å². The second-order valence-electron chi connectivity index (χ2n) is 3.06. The van der Waals surface area contributed by atoms with Crippen LogP contribution in [0.3, 0.4) is 0 Å². The van der Waals surface area contributed by atoms with Gasteiger partial charge in [0.25, 0.3) is 0 Å². The van der Waals surface area contributed by atoms with E-state index in [4.69, 9.17) is 0 Å². The molecule has 0 heteroatoms. The van der Waals surface area contributed by atoms with Gasteiger partial charge in [-0.15, -0.1) is 0 Å². The Morgan fingerprint density at radius 2 is 2.00 bits per heavy atom. The maximum atomic E-state index is 3.24. The van der Waals surface area contributed by atoms with Gasteiger partial charge in [0.2, 0.25) is 0 Å². The van der Waals surface area contributed by atoms with E-state index in [-0.39, 0.29) is 0 Å². The van der Waals surface area contributed by atoms with Crippen molar-refractivity contribution >= 4 is 0 Å². The van der Waals surface area contributed by atoms with Crippen LogP contribution in [0.25, 0.3) is 0 Å². The van der Waals surface area contributed by atoms with Gasteiger partial charge in [-0.3, -0.25) is 0 Å². The molecule has 0 saturated heterocycles. The van der Waals surface area contributed by atoms with Gasteiger partial charge >= 0.3 is 0 Å². The molecule has 0 atom stereocenters. The van der Waals surface area contributed by atoms with Crippen LogP contribution in [0.2, 0.25) is 0 Å². The van der Waals surface area contributed by atoms with E-state index in [1.54, 1.807) is 0 Å². The topological polar surface area (TPSA) is 0 Å². The number of hydrogen-bond donors (Lipinski definition) is 0. The number of hydrogen-bond acceptors (Lipinski definition) is 0. The minimum absolute atomic E-state index is 1.05. The van der Waals surface area contributed by atoms with E-state index in [0.717, 1.165) is 6.42 Å². The monoisotopic (exact) mass is 159 g/mol. The highest BCUT2D eigenvalue weighted by atomic mass is 14.0. The third-order valence-electron chi connectivity index (χ3n) is 1.98. The van der Waals surface area contributed by atoms with Crippen molar-refractivity contribution in [3.8, 4) is 0 Å². The molecule has 1 rings (SSSR count).